The van der Waals surface area contributed by atoms with Crippen LogP contribution in [-0.4, -0.2) is 22.6 Å². The van der Waals surface area contributed by atoms with Crippen molar-refractivity contribution >= 4 is 5.96 Å². The summed E-state index contributed by atoms with van der Waals surface area (Å²) in [6.07, 6.45) is 5.54. The van der Waals surface area contributed by atoms with Gasteiger partial charge in [0.2, 0.25) is 0 Å². The number of imidazole rings is 1. The number of aliphatic imine (C=N–C) groups is 1. The van der Waals surface area contributed by atoms with Crippen molar-refractivity contribution in [2.75, 3.05) is 7.05 Å². The van der Waals surface area contributed by atoms with Crippen LogP contribution in [0.2, 0.25) is 0 Å². The summed E-state index contributed by atoms with van der Waals surface area (Å²) in [5.41, 5.74) is 3.91. The number of nitrogens with one attached hydrogen (secondary N) is 2. The van der Waals surface area contributed by atoms with Crippen LogP contribution in [0.4, 0.5) is 4.39 Å². The van der Waals surface area contributed by atoms with Crippen molar-refractivity contribution in [2.45, 2.75) is 26.6 Å². The van der Waals surface area contributed by atoms with Gasteiger partial charge in [-0.2, -0.15) is 0 Å². The van der Waals surface area contributed by atoms with Gasteiger partial charge in [0, 0.05) is 39.1 Å². The Morgan fingerprint density at radius 3 is 2.33 bits per heavy atom. The van der Waals surface area contributed by atoms with Gasteiger partial charge < -0.3 is 15.2 Å². The van der Waals surface area contributed by atoms with Crippen LogP contribution in [-0.2, 0) is 19.6 Å². The van der Waals surface area contributed by atoms with Crippen molar-refractivity contribution in [1.29, 1.82) is 0 Å². The summed E-state index contributed by atoms with van der Waals surface area (Å²) < 4.78 is 15.7. The molecule has 2 N–H and O–H groups in total. The van der Waals surface area contributed by atoms with Gasteiger partial charge in [0.15, 0.2) is 5.96 Å². The zero-order chi connectivity index (χ0) is 19.1. The van der Waals surface area contributed by atoms with E-state index >= 15 is 0 Å². The van der Waals surface area contributed by atoms with E-state index in [1.54, 1.807) is 32.3 Å². The van der Waals surface area contributed by atoms with Crippen LogP contribution in [0.5, 0.6) is 0 Å². The van der Waals surface area contributed by atoms with E-state index in [4.69, 9.17) is 0 Å². The molecule has 0 aliphatic carbocycles. The predicted molar refractivity (Wildman–Crippen MR) is 106 cm³/mol. The molecule has 5 nitrogen and oxygen atoms in total. The maximum absolute atomic E-state index is 13.6. The van der Waals surface area contributed by atoms with Gasteiger partial charge in [0.1, 0.15) is 5.82 Å². The summed E-state index contributed by atoms with van der Waals surface area (Å²) in [4.78, 5) is 8.27. The molecule has 1 heterocycles. The highest BCUT2D eigenvalue weighted by Gasteiger charge is 2.02. The third kappa shape index (κ3) is 5.41. The third-order valence-electron chi connectivity index (χ3n) is 4.33. The second-order valence-corrected chi connectivity index (χ2v) is 6.41. The second-order valence-electron chi connectivity index (χ2n) is 6.41. The Bertz CT molecular complexity index is 885. The number of rotatable bonds is 6. The topological polar surface area (TPSA) is 54.2 Å². The lowest BCUT2D eigenvalue weighted by Crippen LogP contribution is -2.36. The van der Waals surface area contributed by atoms with Crippen molar-refractivity contribution in [2.24, 2.45) is 4.99 Å². The Hall–Kier alpha value is -3.15. The minimum absolute atomic E-state index is 0.187. The molecule has 3 rings (SSSR count). The average molecular weight is 365 g/mol. The minimum atomic E-state index is -0.187. The highest BCUT2D eigenvalue weighted by molar-refractivity contribution is 5.79. The lowest BCUT2D eigenvalue weighted by Gasteiger charge is -2.13. The van der Waals surface area contributed by atoms with Gasteiger partial charge >= 0.3 is 0 Å². The standard InChI is InChI=1S/C21H24FN5/c1-16-3-4-19(11-20(16)22)13-26-21(23-2)25-12-17-5-7-18(8-6-17)14-27-10-9-24-15-27/h3-11,15H,12-14H2,1-2H3,(H2,23,25,26). The van der Waals surface area contributed by atoms with Crippen molar-refractivity contribution in [3.05, 3.63) is 89.3 Å². The molecule has 0 amide bonds. The first-order valence-electron chi connectivity index (χ1n) is 8.87. The van der Waals surface area contributed by atoms with Crippen molar-refractivity contribution in [3.8, 4) is 0 Å². The number of hydrogen-bond donors (Lipinski definition) is 2. The number of benzene rings is 2. The van der Waals surface area contributed by atoms with Crippen LogP contribution >= 0.6 is 0 Å². The number of halogens is 1. The maximum atomic E-state index is 13.6. The van der Waals surface area contributed by atoms with E-state index in [2.05, 4.69) is 44.9 Å². The molecule has 2 aromatic carbocycles. The molecule has 27 heavy (non-hydrogen) atoms. The molecule has 0 saturated carbocycles. The van der Waals surface area contributed by atoms with Gasteiger partial charge in [-0.3, -0.25) is 4.99 Å². The van der Waals surface area contributed by atoms with Crippen LogP contribution in [0.3, 0.4) is 0 Å². The van der Waals surface area contributed by atoms with E-state index in [1.165, 1.54) is 5.56 Å². The Kier molecular flexibility index (Phi) is 6.20. The van der Waals surface area contributed by atoms with Crippen LogP contribution in [0.25, 0.3) is 0 Å². The number of guanidine groups is 1. The quantitative estimate of drug-likeness (QED) is 0.521. The van der Waals surface area contributed by atoms with Gasteiger partial charge in [0.25, 0.3) is 0 Å². The van der Waals surface area contributed by atoms with Gasteiger partial charge in [-0.1, -0.05) is 36.4 Å². The Labute approximate surface area is 159 Å². The monoisotopic (exact) mass is 365 g/mol. The molecule has 140 valence electrons. The van der Waals surface area contributed by atoms with E-state index in [-0.39, 0.29) is 5.82 Å². The summed E-state index contributed by atoms with van der Waals surface area (Å²) in [5.74, 6) is 0.492. The normalized spacial score (nSPS) is 11.4. The first-order chi connectivity index (χ1) is 13.1. The lowest BCUT2D eigenvalue weighted by atomic mass is 10.1. The van der Waals surface area contributed by atoms with E-state index in [9.17, 15) is 4.39 Å². The fourth-order valence-electron chi connectivity index (χ4n) is 2.69. The minimum Gasteiger partial charge on any atom is -0.352 e. The maximum Gasteiger partial charge on any atom is 0.191 e. The van der Waals surface area contributed by atoms with Gasteiger partial charge in [0.05, 0.1) is 6.33 Å². The summed E-state index contributed by atoms with van der Waals surface area (Å²) in [7, 11) is 1.72. The summed E-state index contributed by atoms with van der Waals surface area (Å²) in [6.45, 7) is 3.74. The SMILES string of the molecule is CN=C(NCc1ccc(Cn2ccnc2)cc1)NCc1ccc(C)c(F)c1. The second kappa shape index (κ2) is 8.98. The number of aromatic nitrogens is 2. The molecule has 6 heteroatoms. The van der Waals surface area contributed by atoms with Gasteiger partial charge in [-0.25, -0.2) is 9.37 Å². The smallest absolute Gasteiger partial charge is 0.191 e. The Balaban J connectivity index is 1.49. The lowest BCUT2D eigenvalue weighted by molar-refractivity contribution is 0.615. The molecule has 0 unspecified atom stereocenters. The number of hydrogen-bond acceptors (Lipinski definition) is 2. The van der Waals surface area contributed by atoms with Gasteiger partial charge in [-0.15, -0.1) is 0 Å². The van der Waals surface area contributed by atoms with Crippen LogP contribution in [0.15, 0.2) is 66.2 Å². The van der Waals surface area contributed by atoms with E-state index in [0.29, 0.717) is 24.6 Å². The van der Waals surface area contributed by atoms with Gasteiger partial charge in [-0.05, 0) is 35.2 Å². The molecule has 0 saturated heterocycles. The zero-order valence-electron chi connectivity index (χ0n) is 15.6. The van der Waals surface area contributed by atoms with E-state index < -0.39 is 0 Å². The molecule has 0 bridgehead atoms. The molecule has 0 fully saturated rings. The highest BCUT2D eigenvalue weighted by Crippen LogP contribution is 2.09. The fraction of sp³-hybridized carbons (Fsp3) is 0.238. The first-order valence-corrected chi connectivity index (χ1v) is 8.87. The fourth-order valence-corrected chi connectivity index (χ4v) is 2.69. The molecular formula is C21H24FN5. The van der Waals surface area contributed by atoms with Crippen molar-refractivity contribution in [3.63, 3.8) is 0 Å². The average Bonchev–Trinajstić information content (AvgIpc) is 3.19. The first kappa shape index (κ1) is 18.6. The Morgan fingerprint density at radius 1 is 1.04 bits per heavy atom. The molecule has 1 aromatic heterocycles. The zero-order valence-corrected chi connectivity index (χ0v) is 15.6. The summed E-state index contributed by atoms with van der Waals surface area (Å²) in [6, 6.07) is 13.7. The van der Waals surface area contributed by atoms with Crippen LogP contribution in [0.1, 0.15) is 22.3 Å². The third-order valence-corrected chi connectivity index (χ3v) is 4.33. The summed E-state index contributed by atoms with van der Waals surface area (Å²) in [5, 5.41) is 6.48. The number of aryl methyl sites for hydroxylation is 1. The van der Waals surface area contributed by atoms with Crippen LogP contribution < -0.4 is 10.6 Å². The molecule has 3 aromatic rings. The molecule has 0 atom stereocenters. The molecule has 0 aliphatic heterocycles. The highest BCUT2D eigenvalue weighted by atomic mass is 19.1. The molecule has 0 spiro atoms. The summed E-state index contributed by atoms with van der Waals surface area (Å²) >= 11 is 0. The molecular weight excluding hydrogens is 341 g/mol. The molecule has 0 aliphatic rings. The van der Waals surface area contributed by atoms with Crippen molar-refractivity contribution < 1.29 is 4.39 Å². The largest absolute Gasteiger partial charge is 0.352 e. The molecule has 0 radical (unpaired) electrons. The van der Waals surface area contributed by atoms with E-state index in [0.717, 1.165) is 17.7 Å². The van der Waals surface area contributed by atoms with Crippen molar-refractivity contribution in [1.82, 2.24) is 20.2 Å². The van der Waals surface area contributed by atoms with E-state index in [1.807, 2.05) is 23.2 Å². The number of nitrogens with zero attached hydrogens (tertiary/aromatic N) is 3. The van der Waals surface area contributed by atoms with Crippen LogP contribution in [0, 0.1) is 12.7 Å². The Morgan fingerprint density at radius 2 is 1.70 bits per heavy atom. The predicted octanol–water partition coefficient (Wildman–Crippen LogP) is 3.24.